The molecule has 0 fully saturated rings. The van der Waals surface area contributed by atoms with E-state index in [1.54, 1.807) is 41.1 Å². The quantitative estimate of drug-likeness (QED) is 0.737. The summed E-state index contributed by atoms with van der Waals surface area (Å²) < 4.78 is 15.6. The summed E-state index contributed by atoms with van der Waals surface area (Å²) in [6.07, 6.45) is 1.77. The smallest absolute Gasteiger partial charge is 0.274 e. The van der Waals surface area contributed by atoms with E-state index in [1.807, 2.05) is 5.38 Å². The van der Waals surface area contributed by atoms with Gasteiger partial charge in [-0.05, 0) is 18.2 Å². The van der Waals surface area contributed by atoms with Gasteiger partial charge in [0, 0.05) is 22.6 Å². The van der Waals surface area contributed by atoms with Crippen LogP contribution in [0.3, 0.4) is 0 Å². The van der Waals surface area contributed by atoms with Crippen molar-refractivity contribution in [1.29, 1.82) is 0 Å². The average molecular weight is 357 g/mol. The maximum absolute atomic E-state index is 13.9. The van der Waals surface area contributed by atoms with Crippen LogP contribution in [0.5, 0.6) is 0 Å². The first-order valence-corrected chi connectivity index (χ1v) is 8.88. The molecule has 0 aliphatic carbocycles. The van der Waals surface area contributed by atoms with E-state index < -0.39 is 0 Å². The molecule has 3 aromatic rings. The standard InChI is InChI=1S/C19H20FN3OS/c1-19(2,3)16-12-25-18(21-16)22-17(24)15-9-6-10-23(15)11-13-7-4-5-8-14(13)20/h4-10,12H,11H2,1-3H3,(H,21,22,24). The Labute approximate surface area is 150 Å². The first-order chi connectivity index (χ1) is 11.8. The number of amides is 1. The molecule has 2 heterocycles. The molecule has 2 aromatic heterocycles. The normalized spacial score (nSPS) is 11.5. The first-order valence-electron chi connectivity index (χ1n) is 8.00. The van der Waals surface area contributed by atoms with Crippen molar-refractivity contribution >= 4 is 22.4 Å². The number of nitrogens with one attached hydrogen (secondary N) is 1. The number of halogens is 1. The van der Waals surface area contributed by atoms with Gasteiger partial charge in [0.05, 0.1) is 12.2 Å². The van der Waals surface area contributed by atoms with Crippen LogP contribution in [0, 0.1) is 5.82 Å². The highest BCUT2D eigenvalue weighted by Gasteiger charge is 2.19. The van der Waals surface area contributed by atoms with Gasteiger partial charge in [-0.2, -0.15) is 0 Å². The summed E-state index contributed by atoms with van der Waals surface area (Å²) in [5.41, 5.74) is 1.88. The van der Waals surface area contributed by atoms with Crippen molar-refractivity contribution in [2.75, 3.05) is 5.32 Å². The van der Waals surface area contributed by atoms with Gasteiger partial charge < -0.3 is 4.57 Å². The van der Waals surface area contributed by atoms with Gasteiger partial charge in [0.25, 0.3) is 5.91 Å². The van der Waals surface area contributed by atoms with Crippen LogP contribution < -0.4 is 5.32 Å². The number of nitrogens with zero attached hydrogens (tertiary/aromatic N) is 2. The molecule has 1 aromatic carbocycles. The highest BCUT2D eigenvalue weighted by atomic mass is 32.1. The van der Waals surface area contributed by atoms with Crippen LogP contribution in [0.4, 0.5) is 9.52 Å². The third-order valence-corrected chi connectivity index (χ3v) is 4.61. The van der Waals surface area contributed by atoms with Crippen molar-refractivity contribution in [2.45, 2.75) is 32.7 Å². The maximum atomic E-state index is 13.9. The van der Waals surface area contributed by atoms with E-state index in [2.05, 4.69) is 31.1 Å². The number of thiazole rings is 1. The molecule has 1 N–H and O–H groups in total. The summed E-state index contributed by atoms with van der Waals surface area (Å²) in [5, 5.41) is 5.35. The van der Waals surface area contributed by atoms with Gasteiger partial charge in [-0.3, -0.25) is 10.1 Å². The Kier molecular flexibility index (Phi) is 4.72. The topological polar surface area (TPSA) is 46.9 Å². The second-order valence-corrected chi connectivity index (χ2v) is 7.71. The molecule has 25 heavy (non-hydrogen) atoms. The number of aromatic nitrogens is 2. The van der Waals surface area contributed by atoms with Gasteiger partial charge in [-0.15, -0.1) is 11.3 Å². The van der Waals surface area contributed by atoms with E-state index in [-0.39, 0.29) is 17.1 Å². The summed E-state index contributed by atoms with van der Waals surface area (Å²) in [6.45, 7) is 6.53. The lowest BCUT2D eigenvalue weighted by atomic mass is 9.93. The van der Waals surface area contributed by atoms with Crippen LogP contribution in [0.15, 0.2) is 48.0 Å². The Balaban J connectivity index is 1.77. The predicted molar refractivity (Wildman–Crippen MR) is 98.7 cm³/mol. The molecule has 0 bridgehead atoms. The average Bonchev–Trinajstić information content (AvgIpc) is 3.18. The number of anilines is 1. The molecular formula is C19H20FN3OS. The second-order valence-electron chi connectivity index (χ2n) is 6.85. The minimum atomic E-state index is -0.280. The molecular weight excluding hydrogens is 337 g/mol. The Morgan fingerprint density at radius 3 is 2.68 bits per heavy atom. The van der Waals surface area contributed by atoms with Gasteiger partial charge >= 0.3 is 0 Å². The fraction of sp³-hybridized carbons (Fsp3) is 0.263. The molecule has 0 saturated heterocycles. The maximum Gasteiger partial charge on any atom is 0.274 e. The number of rotatable bonds is 4. The van der Waals surface area contributed by atoms with E-state index in [4.69, 9.17) is 0 Å². The van der Waals surface area contributed by atoms with E-state index in [0.29, 0.717) is 22.9 Å². The Hall–Kier alpha value is -2.47. The molecule has 0 atom stereocenters. The van der Waals surface area contributed by atoms with Crippen molar-refractivity contribution in [1.82, 2.24) is 9.55 Å². The fourth-order valence-electron chi connectivity index (χ4n) is 2.41. The van der Waals surface area contributed by atoms with E-state index in [9.17, 15) is 9.18 Å². The lowest BCUT2D eigenvalue weighted by molar-refractivity contribution is 0.101. The number of hydrogen-bond acceptors (Lipinski definition) is 3. The van der Waals surface area contributed by atoms with Crippen LogP contribution >= 0.6 is 11.3 Å². The zero-order valence-electron chi connectivity index (χ0n) is 14.4. The van der Waals surface area contributed by atoms with Gasteiger partial charge in [0.2, 0.25) is 0 Å². The highest BCUT2D eigenvalue weighted by molar-refractivity contribution is 7.14. The van der Waals surface area contributed by atoms with Gasteiger partial charge in [0.1, 0.15) is 11.5 Å². The third-order valence-electron chi connectivity index (χ3n) is 3.85. The van der Waals surface area contributed by atoms with E-state index in [0.717, 1.165) is 5.69 Å². The van der Waals surface area contributed by atoms with Gasteiger partial charge in [0.15, 0.2) is 5.13 Å². The number of benzene rings is 1. The first kappa shape index (κ1) is 17.4. The lowest BCUT2D eigenvalue weighted by Crippen LogP contribution is -2.18. The van der Waals surface area contributed by atoms with E-state index in [1.165, 1.54) is 17.4 Å². The predicted octanol–water partition coefficient (Wildman–Crippen LogP) is 4.68. The van der Waals surface area contributed by atoms with Crippen molar-refractivity contribution in [3.05, 3.63) is 70.7 Å². The molecule has 0 aliphatic rings. The summed E-state index contributed by atoms with van der Waals surface area (Å²) in [7, 11) is 0. The van der Waals surface area contributed by atoms with Crippen molar-refractivity contribution in [3.8, 4) is 0 Å². The number of hydrogen-bond donors (Lipinski definition) is 1. The Morgan fingerprint density at radius 1 is 1.24 bits per heavy atom. The Bertz CT molecular complexity index is 892. The Morgan fingerprint density at radius 2 is 2.00 bits per heavy atom. The molecule has 3 rings (SSSR count). The lowest BCUT2D eigenvalue weighted by Gasteiger charge is -2.14. The molecule has 1 amide bonds. The molecule has 6 heteroatoms. The highest BCUT2D eigenvalue weighted by Crippen LogP contribution is 2.26. The summed E-state index contributed by atoms with van der Waals surface area (Å²) in [5.74, 6) is -0.534. The molecule has 0 spiro atoms. The minimum absolute atomic E-state index is 0.0649. The summed E-state index contributed by atoms with van der Waals surface area (Å²) >= 11 is 1.40. The molecule has 0 unspecified atom stereocenters. The van der Waals surface area contributed by atoms with Crippen molar-refractivity contribution in [2.24, 2.45) is 0 Å². The number of carbonyl (C=O) groups is 1. The van der Waals surface area contributed by atoms with E-state index >= 15 is 0 Å². The van der Waals surface area contributed by atoms with Crippen LogP contribution in [0.2, 0.25) is 0 Å². The molecule has 130 valence electrons. The molecule has 0 aliphatic heterocycles. The third kappa shape index (κ3) is 3.96. The van der Waals surface area contributed by atoms with Crippen LogP contribution in [0.1, 0.15) is 42.5 Å². The van der Waals surface area contributed by atoms with Crippen LogP contribution in [-0.4, -0.2) is 15.5 Å². The fourth-order valence-corrected chi connectivity index (χ4v) is 3.34. The molecule has 0 saturated carbocycles. The molecule has 0 radical (unpaired) electrons. The number of carbonyl (C=O) groups excluding carboxylic acids is 1. The summed E-state index contributed by atoms with van der Waals surface area (Å²) in [4.78, 5) is 17.0. The van der Waals surface area contributed by atoms with Crippen molar-refractivity contribution < 1.29 is 9.18 Å². The monoisotopic (exact) mass is 357 g/mol. The zero-order chi connectivity index (χ0) is 18.0. The van der Waals surface area contributed by atoms with Crippen LogP contribution in [0.25, 0.3) is 0 Å². The molecule has 4 nitrogen and oxygen atoms in total. The summed E-state index contributed by atoms with van der Waals surface area (Å²) in [6, 6.07) is 10.1. The van der Waals surface area contributed by atoms with Crippen molar-refractivity contribution in [3.63, 3.8) is 0 Å². The van der Waals surface area contributed by atoms with Gasteiger partial charge in [-0.25, -0.2) is 9.37 Å². The SMILES string of the molecule is CC(C)(C)c1csc(NC(=O)c2cccn2Cc2ccccc2F)n1. The minimum Gasteiger partial charge on any atom is -0.339 e. The zero-order valence-corrected chi connectivity index (χ0v) is 15.2. The second kappa shape index (κ2) is 6.80. The van der Waals surface area contributed by atoms with Crippen LogP contribution in [-0.2, 0) is 12.0 Å². The largest absolute Gasteiger partial charge is 0.339 e. The van der Waals surface area contributed by atoms with Gasteiger partial charge in [-0.1, -0.05) is 39.0 Å².